The van der Waals surface area contributed by atoms with Crippen molar-refractivity contribution in [1.29, 1.82) is 0 Å². The molecule has 0 aliphatic heterocycles. The van der Waals surface area contributed by atoms with Gasteiger partial charge in [0.2, 0.25) is 5.91 Å². The summed E-state index contributed by atoms with van der Waals surface area (Å²) in [5.74, 6) is -0.246. The summed E-state index contributed by atoms with van der Waals surface area (Å²) in [7, 11) is 1.93. The lowest BCUT2D eigenvalue weighted by Gasteiger charge is -2.36. The number of hydrogen-bond acceptors (Lipinski definition) is 4. The lowest BCUT2D eigenvalue weighted by Crippen LogP contribution is -2.48. The molecule has 2 N–H and O–H groups in total. The maximum absolute atomic E-state index is 11.9. The van der Waals surface area contributed by atoms with Gasteiger partial charge in [-0.25, -0.2) is 0 Å². The van der Waals surface area contributed by atoms with Gasteiger partial charge in [-0.3, -0.25) is 9.59 Å². The van der Waals surface area contributed by atoms with Crippen LogP contribution in [0, 0.1) is 0 Å². The van der Waals surface area contributed by atoms with Gasteiger partial charge in [0, 0.05) is 18.5 Å². The highest BCUT2D eigenvalue weighted by Crippen LogP contribution is 2.30. The average Bonchev–Trinajstić information content (AvgIpc) is 2.40. The summed E-state index contributed by atoms with van der Waals surface area (Å²) < 4.78 is 4.81. The molecule has 0 aromatic heterocycles. The molecule has 1 fully saturated rings. The number of carbonyl (C=O) groups is 2. The van der Waals surface area contributed by atoms with Crippen LogP contribution in [0.25, 0.3) is 0 Å². The van der Waals surface area contributed by atoms with Crippen LogP contribution in [0.15, 0.2) is 0 Å². The zero-order valence-corrected chi connectivity index (χ0v) is 12.1. The zero-order chi connectivity index (χ0) is 14.1. The van der Waals surface area contributed by atoms with Crippen molar-refractivity contribution >= 4 is 11.9 Å². The van der Waals surface area contributed by atoms with Crippen LogP contribution in [-0.2, 0) is 14.3 Å². The maximum Gasteiger partial charge on any atom is 0.307 e. The van der Waals surface area contributed by atoms with E-state index in [1.54, 1.807) is 6.92 Å². The van der Waals surface area contributed by atoms with Gasteiger partial charge in [0.25, 0.3) is 0 Å². The van der Waals surface area contributed by atoms with Crippen LogP contribution in [0.4, 0.5) is 0 Å². The lowest BCUT2D eigenvalue weighted by atomic mass is 9.79. The molecule has 0 bridgehead atoms. The molecule has 110 valence electrons. The van der Waals surface area contributed by atoms with E-state index in [1.165, 1.54) is 19.3 Å². The third-order valence-electron chi connectivity index (χ3n) is 3.80. The molecule has 0 aromatic carbocycles. The molecule has 1 aliphatic carbocycles. The Morgan fingerprint density at radius 2 is 1.89 bits per heavy atom. The van der Waals surface area contributed by atoms with Crippen LogP contribution < -0.4 is 10.6 Å². The first-order valence-corrected chi connectivity index (χ1v) is 7.23. The van der Waals surface area contributed by atoms with Crippen molar-refractivity contribution in [3.05, 3.63) is 0 Å². The number of amides is 1. The second-order valence-corrected chi connectivity index (χ2v) is 5.17. The van der Waals surface area contributed by atoms with E-state index in [1.807, 2.05) is 7.05 Å². The van der Waals surface area contributed by atoms with Crippen molar-refractivity contribution in [3.63, 3.8) is 0 Å². The minimum absolute atomic E-state index is 0.0144. The fourth-order valence-electron chi connectivity index (χ4n) is 2.65. The Bertz CT molecular complexity index is 299. The van der Waals surface area contributed by atoms with Crippen molar-refractivity contribution in [2.24, 2.45) is 0 Å². The average molecular weight is 270 g/mol. The molecule has 1 saturated carbocycles. The minimum atomic E-state index is -0.260. The molecule has 1 aliphatic rings. The first-order chi connectivity index (χ1) is 9.12. The highest BCUT2D eigenvalue weighted by Gasteiger charge is 2.32. The molecule has 5 nitrogen and oxygen atoms in total. The Balaban J connectivity index is 2.27. The smallest absolute Gasteiger partial charge is 0.307 e. The number of ether oxygens (including phenoxy) is 1. The topological polar surface area (TPSA) is 67.4 Å². The van der Waals surface area contributed by atoms with Gasteiger partial charge in [-0.15, -0.1) is 0 Å². The molecule has 0 atom stereocenters. The number of hydrogen-bond donors (Lipinski definition) is 2. The highest BCUT2D eigenvalue weighted by molar-refractivity contribution is 5.78. The lowest BCUT2D eigenvalue weighted by molar-refractivity contribution is -0.143. The van der Waals surface area contributed by atoms with E-state index in [0.717, 1.165) is 12.8 Å². The van der Waals surface area contributed by atoms with Crippen LogP contribution in [0.5, 0.6) is 0 Å². The monoisotopic (exact) mass is 270 g/mol. The largest absolute Gasteiger partial charge is 0.466 e. The zero-order valence-electron chi connectivity index (χ0n) is 12.1. The summed E-state index contributed by atoms with van der Waals surface area (Å²) in [6.45, 7) is 2.52. The normalized spacial score (nSPS) is 17.8. The van der Waals surface area contributed by atoms with Gasteiger partial charge in [0.1, 0.15) is 0 Å². The van der Waals surface area contributed by atoms with Crippen LogP contribution in [0.1, 0.15) is 51.9 Å². The van der Waals surface area contributed by atoms with E-state index < -0.39 is 0 Å². The molecule has 0 saturated heterocycles. The second-order valence-electron chi connectivity index (χ2n) is 5.17. The van der Waals surface area contributed by atoms with E-state index in [0.29, 0.717) is 19.6 Å². The molecule has 0 aromatic rings. The quantitative estimate of drug-likeness (QED) is 0.686. The summed E-state index contributed by atoms with van der Waals surface area (Å²) >= 11 is 0. The van der Waals surface area contributed by atoms with E-state index in [9.17, 15) is 9.59 Å². The molecule has 0 radical (unpaired) electrons. The van der Waals surface area contributed by atoms with Gasteiger partial charge in [-0.05, 0) is 26.8 Å². The fourth-order valence-corrected chi connectivity index (χ4v) is 2.65. The molecule has 0 spiro atoms. The number of esters is 1. The number of rotatable bonds is 7. The first-order valence-electron chi connectivity index (χ1n) is 7.23. The highest BCUT2D eigenvalue weighted by atomic mass is 16.5. The Morgan fingerprint density at radius 3 is 2.47 bits per heavy atom. The predicted molar refractivity (Wildman–Crippen MR) is 73.8 cm³/mol. The third kappa shape index (κ3) is 5.59. The summed E-state index contributed by atoms with van der Waals surface area (Å²) in [6, 6.07) is 0. The van der Waals surface area contributed by atoms with E-state index >= 15 is 0 Å². The van der Waals surface area contributed by atoms with Crippen LogP contribution in [0.2, 0.25) is 0 Å². The van der Waals surface area contributed by atoms with Crippen LogP contribution in [-0.4, -0.2) is 37.6 Å². The fraction of sp³-hybridized carbons (Fsp3) is 0.857. The maximum atomic E-state index is 11.9. The van der Waals surface area contributed by atoms with Gasteiger partial charge >= 0.3 is 5.97 Å². The van der Waals surface area contributed by atoms with Gasteiger partial charge < -0.3 is 15.4 Å². The first kappa shape index (κ1) is 16.0. The summed E-state index contributed by atoms with van der Waals surface area (Å²) in [4.78, 5) is 23.1. The van der Waals surface area contributed by atoms with Crippen molar-refractivity contribution in [2.45, 2.75) is 57.4 Å². The van der Waals surface area contributed by atoms with Crippen LogP contribution in [0.3, 0.4) is 0 Å². The molecule has 5 heteroatoms. The molecule has 1 rings (SSSR count). The van der Waals surface area contributed by atoms with Crippen LogP contribution >= 0.6 is 0 Å². The van der Waals surface area contributed by atoms with Gasteiger partial charge in [0.05, 0.1) is 13.0 Å². The van der Waals surface area contributed by atoms with Gasteiger partial charge in [0.15, 0.2) is 0 Å². The molecule has 0 heterocycles. The Hall–Kier alpha value is -1.10. The van der Waals surface area contributed by atoms with Crippen molar-refractivity contribution in [3.8, 4) is 0 Å². The van der Waals surface area contributed by atoms with Gasteiger partial charge in [-0.1, -0.05) is 19.3 Å². The minimum Gasteiger partial charge on any atom is -0.466 e. The predicted octanol–water partition coefficient (Wildman–Crippen LogP) is 1.37. The third-order valence-corrected chi connectivity index (χ3v) is 3.80. The Morgan fingerprint density at radius 1 is 1.21 bits per heavy atom. The molecule has 19 heavy (non-hydrogen) atoms. The summed E-state index contributed by atoms with van der Waals surface area (Å²) in [5, 5.41) is 6.11. The Kier molecular flexibility index (Phi) is 6.84. The van der Waals surface area contributed by atoms with E-state index in [-0.39, 0.29) is 23.8 Å². The molecular formula is C14H26N2O3. The van der Waals surface area contributed by atoms with E-state index in [2.05, 4.69) is 10.6 Å². The summed E-state index contributed by atoms with van der Waals surface area (Å²) in [6.07, 6.45) is 6.45. The standard InChI is InChI=1S/C14H26N2O3/c1-3-19-13(18)7-10-16-12(17)11-14(15-2)8-5-4-6-9-14/h15H,3-11H2,1-2H3,(H,16,17). The molecular weight excluding hydrogens is 244 g/mol. The van der Waals surface area contributed by atoms with Gasteiger partial charge in [-0.2, -0.15) is 0 Å². The number of nitrogens with one attached hydrogen (secondary N) is 2. The van der Waals surface area contributed by atoms with Crippen molar-refractivity contribution in [1.82, 2.24) is 10.6 Å². The number of carbonyl (C=O) groups excluding carboxylic acids is 2. The second kappa shape index (κ2) is 8.15. The van der Waals surface area contributed by atoms with E-state index in [4.69, 9.17) is 4.74 Å². The summed E-state index contributed by atoms with van der Waals surface area (Å²) in [5.41, 5.74) is -0.0493. The van der Waals surface area contributed by atoms with Crippen molar-refractivity contribution < 1.29 is 14.3 Å². The SMILES string of the molecule is CCOC(=O)CCNC(=O)CC1(NC)CCCCC1. The van der Waals surface area contributed by atoms with Crippen molar-refractivity contribution in [2.75, 3.05) is 20.2 Å². The molecule has 0 unspecified atom stereocenters. The molecule has 1 amide bonds. The Labute approximate surface area is 115 Å².